The van der Waals surface area contributed by atoms with Crippen LogP contribution in [0.15, 0.2) is 146 Å². The van der Waals surface area contributed by atoms with Crippen molar-refractivity contribution >= 4 is 0 Å². The van der Waals surface area contributed by atoms with Crippen molar-refractivity contribution in [3.05, 3.63) is 146 Å². The van der Waals surface area contributed by atoms with E-state index in [-0.39, 0.29) is 34.5 Å². The number of phenolic OH excluding ortho intramolecular Hbond substituents is 6. The monoisotopic (exact) mass is 630 g/mol. The lowest BCUT2D eigenvalue weighted by Crippen LogP contribution is -2.02. The number of hydrogen-bond acceptors (Lipinski definition) is 6. The number of phenols is 6. The van der Waals surface area contributed by atoms with Crippen LogP contribution in [0.4, 0.5) is 0 Å². The zero-order valence-electron chi connectivity index (χ0n) is 25.5. The average molecular weight is 631 g/mol. The third kappa shape index (κ3) is 5.63. The predicted molar refractivity (Wildman–Crippen MR) is 189 cm³/mol. The third-order valence-corrected chi connectivity index (χ3v) is 8.44. The fraction of sp³-hybridized carbons (Fsp3) is 0. The van der Waals surface area contributed by atoms with Crippen LogP contribution in [-0.2, 0) is 0 Å². The maximum atomic E-state index is 10.3. The molecule has 6 heteroatoms. The van der Waals surface area contributed by atoms with Gasteiger partial charge in [-0.3, -0.25) is 0 Å². The Morgan fingerprint density at radius 2 is 0.271 bits per heavy atom. The van der Waals surface area contributed by atoms with Crippen LogP contribution < -0.4 is 0 Å². The molecule has 0 aliphatic heterocycles. The van der Waals surface area contributed by atoms with Crippen LogP contribution in [-0.4, -0.2) is 30.6 Å². The lowest BCUT2D eigenvalue weighted by atomic mass is 9.74. The van der Waals surface area contributed by atoms with Crippen LogP contribution in [0.3, 0.4) is 0 Å². The van der Waals surface area contributed by atoms with Crippen molar-refractivity contribution in [1.29, 1.82) is 0 Å². The van der Waals surface area contributed by atoms with Gasteiger partial charge in [-0.15, -0.1) is 0 Å². The van der Waals surface area contributed by atoms with Crippen molar-refractivity contribution in [2.75, 3.05) is 0 Å². The molecule has 48 heavy (non-hydrogen) atoms. The second kappa shape index (κ2) is 12.3. The number of rotatable bonds is 6. The van der Waals surface area contributed by atoms with Gasteiger partial charge in [0.15, 0.2) is 0 Å². The summed E-state index contributed by atoms with van der Waals surface area (Å²) in [4.78, 5) is 0. The largest absolute Gasteiger partial charge is 0.508 e. The van der Waals surface area contributed by atoms with Crippen molar-refractivity contribution < 1.29 is 30.6 Å². The normalized spacial score (nSPS) is 11.0. The molecule has 234 valence electrons. The molecular weight excluding hydrogens is 600 g/mol. The molecule has 0 fully saturated rings. The smallest absolute Gasteiger partial charge is 0.115 e. The van der Waals surface area contributed by atoms with Crippen LogP contribution in [0, 0.1) is 0 Å². The van der Waals surface area contributed by atoms with Gasteiger partial charge >= 0.3 is 0 Å². The lowest BCUT2D eigenvalue weighted by molar-refractivity contribution is 0.475. The van der Waals surface area contributed by atoms with E-state index in [0.717, 1.165) is 66.8 Å². The number of hydrogen-bond donors (Lipinski definition) is 6. The van der Waals surface area contributed by atoms with E-state index in [4.69, 9.17) is 0 Å². The Morgan fingerprint density at radius 1 is 0.167 bits per heavy atom. The SMILES string of the molecule is Oc1ccc(-c2c(-c3ccc(O)cc3)c(-c3ccc(O)cc3)c(-c3ccc(O)cc3)c(-c3ccc(O)cc3)c2-c2ccc(O)cc2)cc1. The summed E-state index contributed by atoms with van der Waals surface area (Å²) in [6.45, 7) is 0. The van der Waals surface area contributed by atoms with E-state index >= 15 is 0 Å². The molecule has 0 atom stereocenters. The highest BCUT2D eigenvalue weighted by atomic mass is 16.3. The van der Waals surface area contributed by atoms with Crippen molar-refractivity contribution in [2.45, 2.75) is 0 Å². The Balaban J connectivity index is 1.81. The van der Waals surface area contributed by atoms with Crippen LogP contribution in [0.5, 0.6) is 34.5 Å². The van der Waals surface area contributed by atoms with Crippen LogP contribution >= 0.6 is 0 Å². The van der Waals surface area contributed by atoms with Gasteiger partial charge in [0.25, 0.3) is 0 Å². The fourth-order valence-electron chi connectivity index (χ4n) is 6.25. The van der Waals surface area contributed by atoms with Crippen molar-refractivity contribution in [2.24, 2.45) is 0 Å². The van der Waals surface area contributed by atoms with Gasteiger partial charge in [0.1, 0.15) is 34.5 Å². The van der Waals surface area contributed by atoms with Gasteiger partial charge in [0.2, 0.25) is 0 Å². The molecule has 0 bridgehead atoms. The Hall–Kier alpha value is -6.66. The molecule has 7 aromatic carbocycles. The molecular formula is C42H30O6. The highest BCUT2D eigenvalue weighted by Gasteiger charge is 2.29. The van der Waals surface area contributed by atoms with E-state index < -0.39 is 0 Å². The van der Waals surface area contributed by atoms with E-state index in [1.165, 1.54) is 0 Å². The molecule has 0 saturated carbocycles. The molecule has 0 radical (unpaired) electrons. The second-order valence-corrected chi connectivity index (χ2v) is 11.5. The molecule has 7 rings (SSSR count). The summed E-state index contributed by atoms with van der Waals surface area (Å²) >= 11 is 0. The first-order chi connectivity index (χ1) is 23.3. The molecule has 0 spiro atoms. The summed E-state index contributed by atoms with van der Waals surface area (Å²) in [5, 5.41) is 62.1. The Bertz CT molecular complexity index is 1780. The van der Waals surface area contributed by atoms with Gasteiger partial charge < -0.3 is 30.6 Å². The minimum Gasteiger partial charge on any atom is -0.508 e. The first-order valence-corrected chi connectivity index (χ1v) is 15.3. The van der Waals surface area contributed by atoms with Gasteiger partial charge in [0, 0.05) is 0 Å². The van der Waals surface area contributed by atoms with E-state index in [1.807, 2.05) is 72.8 Å². The summed E-state index contributed by atoms with van der Waals surface area (Å²) < 4.78 is 0. The van der Waals surface area contributed by atoms with E-state index in [2.05, 4.69) is 0 Å². The van der Waals surface area contributed by atoms with Gasteiger partial charge in [-0.25, -0.2) is 0 Å². The van der Waals surface area contributed by atoms with Crippen LogP contribution in [0.1, 0.15) is 0 Å². The van der Waals surface area contributed by atoms with Crippen LogP contribution in [0.2, 0.25) is 0 Å². The summed E-state index contributed by atoms with van der Waals surface area (Å²) in [6.07, 6.45) is 0. The van der Waals surface area contributed by atoms with E-state index in [1.54, 1.807) is 72.8 Å². The Morgan fingerprint density at radius 3 is 0.375 bits per heavy atom. The summed E-state index contributed by atoms with van der Waals surface area (Å²) in [6, 6.07) is 41.7. The number of aromatic hydroxyl groups is 6. The quantitative estimate of drug-likeness (QED) is 0.109. The topological polar surface area (TPSA) is 121 Å². The summed E-state index contributed by atoms with van der Waals surface area (Å²) in [7, 11) is 0. The molecule has 0 aliphatic rings. The lowest BCUT2D eigenvalue weighted by Gasteiger charge is -2.29. The zero-order chi connectivity index (χ0) is 33.4. The first-order valence-electron chi connectivity index (χ1n) is 15.3. The van der Waals surface area contributed by atoms with Gasteiger partial charge in [0.05, 0.1) is 0 Å². The average Bonchev–Trinajstić information content (AvgIpc) is 3.10. The third-order valence-electron chi connectivity index (χ3n) is 8.44. The fourth-order valence-corrected chi connectivity index (χ4v) is 6.25. The Labute approximate surface area is 277 Å². The van der Waals surface area contributed by atoms with E-state index in [9.17, 15) is 30.6 Å². The maximum absolute atomic E-state index is 10.3. The molecule has 0 aliphatic carbocycles. The van der Waals surface area contributed by atoms with Crippen molar-refractivity contribution in [3.8, 4) is 101 Å². The summed E-state index contributed by atoms with van der Waals surface area (Å²) in [5.74, 6) is 0.635. The molecule has 6 nitrogen and oxygen atoms in total. The van der Waals surface area contributed by atoms with Crippen molar-refractivity contribution in [1.82, 2.24) is 0 Å². The van der Waals surface area contributed by atoms with Gasteiger partial charge in [-0.1, -0.05) is 72.8 Å². The van der Waals surface area contributed by atoms with Crippen LogP contribution in [0.25, 0.3) is 66.8 Å². The van der Waals surface area contributed by atoms with E-state index in [0.29, 0.717) is 0 Å². The molecule has 0 saturated heterocycles. The Kier molecular flexibility index (Phi) is 7.67. The summed E-state index contributed by atoms with van der Waals surface area (Å²) in [5.41, 5.74) is 9.56. The molecule has 7 aromatic rings. The van der Waals surface area contributed by atoms with Crippen molar-refractivity contribution in [3.63, 3.8) is 0 Å². The van der Waals surface area contributed by atoms with Gasteiger partial charge in [-0.2, -0.15) is 0 Å². The highest BCUT2D eigenvalue weighted by molar-refractivity contribution is 6.15. The van der Waals surface area contributed by atoms with Gasteiger partial charge in [-0.05, 0) is 140 Å². The zero-order valence-corrected chi connectivity index (χ0v) is 25.5. The minimum absolute atomic E-state index is 0.106. The highest BCUT2D eigenvalue weighted by Crippen LogP contribution is 2.56. The second-order valence-electron chi connectivity index (χ2n) is 11.5. The molecule has 6 N–H and O–H groups in total. The standard InChI is InChI=1S/C42H30O6/c43-31-13-1-25(2-14-31)37-38(26-3-15-32(44)16-4-26)40(28-7-19-34(46)20-8-28)42(30-11-23-36(48)24-12-30)41(29-9-21-35(47)22-10-29)39(37)27-5-17-33(45)18-6-27/h1-24,43-48H. The number of benzene rings is 7. The minimum atomic E-state index is 0.106. The first kappa shape index (κ1) is 30.0. The maximum Gasteiger partial charge on any atom is 0.115 e. The molecule has 0 unspecified atom stereocenters. The molecule has 0 aromatic heterocycles. The molecule has 0 heterocycles. The predicted octanol–water partition coefficient (Wildman–Crippen LogP) is 9.92. The molecule has 0 amide bonds.